The number of aliphatic hydroxyl groups is 1. The van der Waals surface area contributed by atoms with Gasteiger partial charge in [0, 0.05) is 31.0 Å². The first-order valence-corrected chi connectivity index (χ1v) is 7.98. The summed E-state index contributed by atoms with van der Waals surface area (Å²) in [6.07, 6.45) is 3.15. The highest BCUT2D eigenvalue weighted by atomic mass is 16.3. The lowest BCUT2D eigenvalue weighted by Gasteiger charge is -2.41. The van der Waals surface area contributed by atoms with Gasteiger partial charge in [-0.3, -0.25) is 0 Å². The molecule has 0 atom stereocenters. The first-order valence-electron chi connectivity index (χ1n) is 7.98. The second-order valence-electron chi connectivity index (χ2n) is 7.14. The minimum Gasteiger partial charge on any atom is -0.396 e. The van der Waals surface area contributed by atoms with Crippen LogP contribution in [-0.2, 0) is 0 Å². The fraction of sp³-hybridized carbons (Fsp3) is 0.611. The third-order valence-electron chi connectivity index (χ3n) is 4.78. The van der Waals surface area contributed by atoms with Gasteiger partial charge in [0.15, 0.2) is 0 Å². The van der Waals surface area contributed by atoms with Crippen LogP contribution in [0.1, 0.15) is 39.5 Å². The van der Waals surface area contributed by atoms with E-state index in [-0.39, 0.29) is 17.6 Å². The van der Waals surface area contributed by atoms with Crippen molar-refractivity contribution in [2.24, 2.45) is 11.3 Å². The molecule has 1 N–H and O–H groups in total. The molecule has 0 bridgehead atoms. The number of allylic oxidation sites excluding steroid dienone is 4. The molecule has 0 unspecified atom stereocenters. The normalized spacial score (nSPS) is 21.4. The van der Waals surface area contributed by atoms with Crippen molar-refractivity contribution >= 4 is 0 Å². The maximum atomic E-state index is 9.64. The molecule has 0 spiro atoms. The standard InChI is InChI=1S/C18H22N4O/c1-18(2)7-15(14(9-19)10-20)16(11-21)17(8-18)22-5-3-13(12-23)4-6-22/h13,23H,3-8,12H2,1-2H3. The molecule has 0 aromatic carbocycles. The Morgan fingerprint density at radius 3 is 2.26 bits per heavy atom. The molecule has 1 heterocycles. The van der Waals surface area contributed by atoms with E-state index < -0.39 is 0 Å². The fourth-order valence-corrected chi connectivity index (χ4v) is 3.51. The van der Waals surface area contributed by atoms with Gasteiger partial charge in [0.1, 0.15) is 23.8 Å². The molecular formula is C18H22N4O. The second kappa shape index (κ2) is 6.86. The first kappa shape index (κ1) is 17.1. The Bertz CT molecular complexity index is 643. The fourth-order valence-electron chi connectivity index (χ4n) is 3.51. The zero-order valence-corrected chi connectivity index (χ0v) is 13.8. The molecule has 2 aliphatic rings. The van der Waals surface area contributed by atoms with Gasteiger partial charge in [-0.05, 0) is 37.0 Å². The Kier molecular flexibility index (Phi) is 5.09. The number of aliphatic hydroxyl groups excluding tert-OH is 1. The van der Waals surface area contributed by atoms with Crippen molar-refractivity contribution in [3.63, 3.8) is 0 Å². The number of hydrogen-bond acceptors (Lipinski definition) is 5. The largest absolute Gasteiger partial charge is 0.396 e. The number of rotatable bonds is 2. The molecule has 2 rings (SSSR count). The van der Waals surface area contributed by atoms with Crippen molar-refractivity contribution in [3.8, 4) is 18.2 Å². The lowest BCUT2D eigenvalue weighted by molar-refractivity contribution is 0.141. The minimum atomic E-state index is -0.0855. The van der Waals surface area contributed by atoms with E-state index >= 15 is 0 Å². The summed E-state index contributed by atoms with van der Waals surface area (Å²) in [6, 6.07) is 6.13. The van der Waals surface area contributed by atoms with Crippen molar-refractivity contribution in [2.75, 3.05) is 19.7 Å². The molecule has 5 nitrogen and oxygen atoms in total. The van der Waals surface area contributed by atoms with E-state index in [9.17, 15) is 20.9 Å². The van der Waals surface area contributed by atoms with Crippen LogP contribution in [0.2, 0.25) is 0 Å². The van der Waals surface area contributed by atoms with Gasteiger partial charge in [0.25, 0.3) is 0 Å². The minimum absolute atomic E-state index is 0.0528. The van der Waals surface area contributed by atoms with Crippen molar-refractivity contribution in [2.45, 2.75) is 39.5 Å². The average Bonchev–Trinajstić information content (AvgIpc) is 2.55. The molecule has 0 aromatic rings. The molecule has 5 heteroatoms. The number of nitriles is 3. The van der Waals surface area contributed by atoms with Crippen LogP contribution in [0.15, 0.2) is 22.4 Å². The SMILES string of the molecule is CC1(C)CC(=C(C#N)C#N)C(C#N)=C(N2CCC(CO)CC2)C1. The lowest BCUT2D eigenvalue weighted by Crippen LogP contribution is -2.38. The summed E-state index contributed by atoms with van der Waals surface area (Å²) in [4.78, 5) is 2.21. The van der Waals surface area contributed by atoms with Crippen LogP contribution >= 0.6 is 0 Å². The van der Waals surface area contributed by atoms with Crippen molar-refractivity contribution in [3.05, 3.63) is 22.4 Å². The molecule has 1 fully saturated rings. The van der Waals surface area contributed by atoms with E-state index in [1.54, 1.807) is 0 Å². The molecule has 1 saturated heterocycles. The van der Waals surface area contributed by atoms with E-state index in [0.29, 0.717) is 23.5 Å². The Hall–Kier alpha value is -2.29. The zero-order valence-electron chi connectivity index (χ0n) is 13.8. The molecule has 120 valence electrons. The Morgan fingerprint density at radius 2 is 1.78 bits per heavy atom. The third-order valence-corrected chi connectivity index (χ3v) is 4.78. The van der Waals surface area contributed by atoms with Crippen LogP contribution in [0.3, 0.4) is 0 Å². The highest BCUT2D eigenvalue weighted by molar-refractivity contribution is 5.57. The van der Waals surface area contributed by atoms with Gasteiger partial charge in [0.2, 0.25) is 0 Å². The van der Waals surface area contributed by atoms with Gasteiger partial charge in [0.05, 0.1) is 5.57 Å². The first-order chi connectivity index (χ1) is 11.0. The van der Waals surface area contributed by atoms with Crippen molar-refractivity contribution < 1.29 is 5.11 Å². The van der Waals surface area contributed by atoms with E-state index in [1.807, 2.05) is 12.1 Å². The van der Waals surface area contributed by atoms with Crippen LogP contribution in [-0.4, -0.2) is 29.7 Å². The Morgan fingerprint density at radius 1 is 1.17 bits per heavy atom. The molecule has 0 radical (unpaired) electrons. The Labute approximate surface area is 137 Å². The molecule has 0 aromatic heterocycles. The quantitative estimate of drug-likeness (QED) is 0.791. The molecule has 0 saturated carbocycles. The van der Waals surface area contributed by atoms with Crippen molar-refractivity contribution in [1.82, 2.24) is 4.90 Å². The lowest BCUT2D eigenvalue weighted by atomic mass is 9.72. The van der Waals surface area contributed by atoms with E-state index in [2.05, 4.69) is 24.8 Å². The molecule has 0 amide bonds. The molecular weight excluding hydrogens is 288 g/mol. The van der Waals surface area contributed by atoms with Gasteiger partial charge >= 0.3 is 0 Å². The summed E-state index contributed by atoms with van der Waals surface area (Å²) in [5.41, 5.74) is 2.02. The van der Waals surface area contributed by atoms with Crippen LogP contribution in [0.4, 0.5) is 0 Å². The topological polar surface area (TPSA) is 94.8 Å². The molecule has 1 aliphatic carbocycles. The number of hydrogen-bond donors (Lipinski definition) is 1. The molecule has 23 heavy (non-hydrogen) atoms. The smallest absolute Gasteiger partial charge is 0.134 e. The number of likely N-dealkylation sites (tertiary alicyclic amines) is 1. The van der Waals surface area contributed by atoms with E-state index in [4.69, 9.17) is 0 Å². The van der Waals surface area contributed by atoms with Gasteiger partial charge < -0.3 is 10.0 Å². The summed E-state index contributed by atoms with van der Waals surface area (Å²) in [5.74, 6) is 0.331. The van der Waals surface area contributed by atoms with Crippen LogP contribution in [0.25, 0.3) is 0 Å². The summed E-state index contributed by atoms with van der Waals surface area (Å²) in [5, 5.41) is 37.4. The molecule has 1 aliphatic heterocycles. The highest BCUT2D eigenvalue weighted by Crippen LogP contribution is 2.44. The van der Waals surface area contributed by atoms with Crippen LogP contribution < -0.4 is 0 Å². The average molecular weight is 310 g/mol. The predicted octanol–water partition coefficient (Wildman–Crippen LogP) is 2.63. The summed E-state index contributed by atoms with van der Waals surface area (Å²) in [6.45, 7) is 6.04. The maximum Gasteiger partial charge on any atom is 0.134 e. The summed E-state index contributed by atoms with van der Waals surface area (Å²) >= 11 is 0. The van der Waals surface area contributed by atoms with Gasteiger partial charge in [-0.25, -0.2) is 0 Å². The predicted molar refractivity (Wildman–Crippen MR) is 85.3 cm³/mol. The maximum absolute atomic E-state index is 9.64. The highest BCUT2D eigenvalue weighted by Gasteiger charge is 2.35. The van der Waals surface area contributed by atoms with E-state index in [1.165, 1.54) is 0 Å². The van der Waals surface area contributed by atoms with Crippen LogP contribution in [0.5, 0.6) is 0 Å². The number of nitrogens with zero attached hydrogens (tertiary/aromatic N) is 4. The van der Waals surface area contributed by atoms with Crippen molar-refractivity contribution in [1.29, 1.82) is 15.8 Å². The number of piperidine rings is 1. The van der Waals surface area contributed by atoms with E-state index in [0.717, 1.165) is 38.0 Å². The van der Waals surface area contributed by atoms with Gasteiger partial charge in [-0.15, -0.1) is 0 Å². The van der Waals surface area contributed by atoms with Gasteiger partial charge in [-0.2, -0.15) is 15.8 Å². The van der Waals surface area contributed by atoms with Gasteiger partial charge in [-0.1, -0.05) is 13.8 Å². The summed E-state index contributed by atoms with van der Waals surface area (Å²) < 4.78 is 0. The monoisotopic (exact) mass is 310 g/mol. The second-order valence-corrected chi connectivity index (χ2v) is 7.14. The third kappa shape index (κ3) is 3.55. The van der Waals surface area contributed by atoms with Crippen LogP contribution in [0, 0.1) is 45.3 Å². The zero-order chi connectivity index (χ0) is 17.0. The summed E-state index contributed by atoms with van der Waals surface area (Å²) in [7, 11) is 0. The Balaban J connectivity index is 2.46.